The Morgan fingerprint density at radius 2 is 2.15 bits per heavy atom. The highest BCUT2D eigenvalue weighted by Gasteiger charge is 2.13. The largest absolute Gasteiger partial charge is 0.399 e. The minimum absolute atomic E-state index is 0.0233. The molecule has 0 saturated heterocycles. The van der Waals surface area contributed by atoms with Gasteiger partial charge in [-0.2, -0.15) is 0 Å². The maximum Gasteiger partial charge on any atom is 0.212 e. The van der Waals surface area contributed by atoms with E-state index in [1.165, 1.54) is 11.8 Å². The molecule has 1 aromatic rings. The molecule has 0 radical (unpaired) electrons. The first-order valence-corrected chi connectivity index (χ1v) is 10.3. The highest BCUT2D eigenvalue weighted by molar-refractivity contribution is 8.00. The molecule has 0 heterocycles. The fraction of sp³-hybridized carbons (Fsp3) is 0.500. The minimum atomic E-state index is -3.33. The van der Waals surface area contributed by atoms with Gasteiger partial charge in [0.25, 0.3) is 0 Å². The van der Waals surface area contributed by atoms with Crippen molar-refractivity contribution in [1.29, 1.82) is 0 Å². The van der Waals surface area contributed by atoms with Crippen LogP contribution in [0.1, 0.15) is 6.92 Å². The van der Waals surface area contributed by atoms with E-state index < -0.39 is 20.8 Å². The quantitative estimate of drug-likeness (QED) is 0.547. The number of nitrogen functional groups attached to an aromatic ring is 1. The number of anilines is 1. The van der Waals surface area contributed by atoms with Gasteiger partial charge in [-0.25, -0.2) is 13.1 Å². The highest BCUT2D eigenvalue weighted by atomic mass is 32.2. The summed E-state index contributed by atoms with van der Waals surface area (Å²) < 4.78 is 37.2. The molecule has 5 nitrogen and oxygen atoms in total. The molecule has 8 heteroatoms. The van der Waals surface area contributed by atoms with E-state index in [9.17, 15) is 12.6 Å². The second-order valence-corrected chi connectivity index (χ2v) is 9.29. The first kappa shape index (κ1) is 17.5. The van der Waals surface area contributed by atoms with Crippen molar-refractivity contribution in [2.24, 2.45) is 0 Å². The van der Waals surface area contributed by atoms with Crippen molar-refractivity contribution in [3.63, 3.8) is 0 Å². The first-order chi connectivity index (χ1) is 9.30. The third-order valence-corrected chi connectivity index (χ3v) is 6.54. The van der Waals surface area contributed by atoms with E-state index >= 15 is 0 Å². The predicted molar refractivity (Wildman–Crippen MR) is 86.9 cm³/mol. The molecule has 0 aromatic heterocycles. The zero-order valence-corrected chi connectivity index (χ0v) is 14.0. The molecule has 114 valence electrons. The lowest BCUT2D eigenvalue weighted by Gasteiger charge is -2.10. The molecule has 0 aliphatic heterocycles. The van der Waals surface area contributed by atoms with Crippen LogP contribution in [0, 0.1) is 0 Å². The smallest absolute Gasteiger partial charge is 0.212 e. The van der Waals surface area contributed by atoms with E-state index in [0.29, 0.717) is 11.4 Å². The van der Waals surface area contributed by atoms with Crippen LogP contribution in [0.2, 0.25) is 0 Å². The number of thioether (sulfide) groups is 1. The normalized spacial score (nSPS) is 14.9. The van der Waals surface area contributed by atoms with Gasteiger partial charge in [0, 0.05) is 45.2 Å². The average molecular weight is 337 g/mol. The van der Waals surface area contributed by atoms with Crippen LogP contribution in [0.15, 0.2) is 29.2 Å². The molecule has 2 atom stereocenters. The molecule has 0 aliphatic carbocycles. The Morgan fingerprint density at radius 1 is 1.45 bits per heavy atom. The summed E-state index contributed by atoms with van der Waals surface area (Å²) in [6.07, 6.45) is 1.56. The second-order valence-electron chi connectivity index (χ2n) is 4.40. The maximum absolute atomic E-state index is 11.8. The van der Waals surface area contributed by atoms with Crippen LogP contribution in [0.5, 0.6) is 0 Å². The molecule has 1 rings (SSSR count). The molecular weight excluding hydrogens is 316 g/mol. The lowest BCUT2D eigenvalue weighted by Crippen LogP contribution is -2.34. The number of hydrogen-bond donors (Lipinski definition) is 2. The number of nitrogens with one attached hydrogen (secondary N) is 1. The van der Waals surface area contributed by atoms with Crippen molar-refractivity contribution >= 4 is 38.3 Å². The van der Waals surface area contributed by atoms with Gasteiger partial charge < -0.3 is 5.73 Å². The van der Waals surface area contributed by atoms with Crippen LogP contribution in [-0.4, -0.2) is 42.2 Å². The van der Waals surface area contributed by atoms with Gasteiger partial charge in [-0.1, -0.05) is 6.07 Å². The second kappa shape index (κ2) is 8.02. The molecule has 3 N–H and O–H groups in total. The van der Waals surface area contributed by atoms with Gasteiger partial charge in [0.2, 0.25) is 10.0 Å². The Kier molecular flexibility index (Phi) is 7.01. The van der Waals surface area contributed by atoms with E-state index in [4.69, 9.17) is 5.73 Å². The van der Waals surface area contributed by atoms with Gasteiger partial charge in [-0.3, -0.25) is 4.21 Å². The summed E-state index contributed by atoms with van der Waals surface area (Å²) in [5.74, 6) is 0.470. The molecule has 0 saturated carbocycles. The Hall–Kier alpha value is -0.570. The predicted octanol–water partition coefficient (Wildman–Crippen LogP) is 1.05. The lowest BCUT2D eigenvalue weighted by molar-refractivity contribution is 0.582. The first-order valence-electron chi connectivity index (χ1n) is 6.08. The van der Waals surface area contributed by atoms with E-state index in [2.05, 4.69) is 4.72 Å². The topological polar surface area (TPSA) is 89.3 Å². The molecule has 1 aromatic carbocycles. The standard InChI is InChI=1S/C12H20N2O3S3/c1-10(19(2)15)9-14-20(16,17)7-6-18-12-5-3-4-11(13)8-12/h3-5,8,10,14H,6-7,9,13H2,1-2H3. The van der Waals surface area contributed by atoms with Crippen molar-refractivity contribution in [3.8, 4) is 0 Å². The highest BCUT2D eigenvalue weighted by Crippen LogP contribution is 2.20. The van der Waals surface area contributed by atoms with E-state index in [0.717, 1.165) is 4.90 Å². The van der Waals surface area contributed by atoms with Crippen LogP contribution in [0.4, 0.5) is 5.69 Å². The number of benzene rings is 1. The Balaban J connectivity index is 2.38. The van der Waals surface area contributed by atoms with E-state index in [1.807, 2.05) is 18.2 Å². The fourth-order valence-electron chi connectivity index (χ4n) is 1.31. The van der Waals surface area contributed by atoms with E-state index in [-0.39, 0.29) is 17.5 Å². The maximum atomic E-state index is 11.8. The van der Waals surface area contributed by atoms with Crippen molar-refractivity contribution in [2.75, 3.05) is 30.0 Å². The molecule has 0 amide bonds. The van der Waals surface area contributed by atoms with Gasteiger partial charge >= 0.3 is 0 Å². The van der Waals surface area contributed by atoms with Crippen LogP contribution in [-0.2, 0) is 20.8 Å². The van der Waals surface area contributed by atoms with Crippen LogP contribution in [0.25, 0.3) is 0 Å². The third kappa shape index (κ3) is 6.74. The molecule has 0 spiro atoms. The van der Waals surface area contributed by atoms with Crippen molar-refractivity contribution in [2.45, 2.75) is 17.1 Å². The number of nitrogens with two attached hydrogens (primary N) is 1. The molecule has 2 unspecified atom stereocenters. The molecule has 0 bridgehead atoms. The van der Waals surface area contributed by atoms with Gasteiger partial charge in [-0.15, -0.1) is 11.8 Å². The van der Waals surface area contributed by atoms with Crippen LogP contribution >= 0.6 is 11.8 Å². The van der Waals surface area contributed by atoms with E-state index in [1.54, 1.807) is 19.2 Å². The van der Waals surface area contributed by atoms with Crippen LogP contribution in [0.3, 0.4) is 0 Å². The number of sulfonamides is 1. The van der Waals surface area contributed by atoms with Gasteiger partial charge in [0.15, 0.2) is 0 Å². The summed E-state index contributed by atoms with van der Waals surface area (Å²) >= 11 is 1.44. The summed E-state index contributed by atoms with van der Waals surface area (Å²) in [6.45, 7) is 1.95. The number of hydrogen-bond acceptors (Lipinski definition) is 5. The summed E-state index contributed by atoms with van der Waals surface area (Å²) in [5, 5.41) is -0.189. The lowest BCUT2D eigenvalue weighted by atomic mass is 10.3. The molecule has 20 heavy (non-hydrogen) atoms. The van der Waals surface area contributed by atoms with Gasteiger partial charge in [0.05, 0.1) is 5.75 Å². The molecular formula is C12H20N2O3S3. The summed E-state index contributed by atoms with van der Waals surface area (Å²) in [6, 6.07) is 7.33. The van der Waals surface area contributed by atoms with Crippen molar-refractivity contribution in [3.05, 3.63) is 24.3 Å². The van der Waals surface area contributed by atoms with Crippen molar-refractivity contribution in [1.82, 2.24) is 4.72 Å². The Labute approximate surface area is 127 Å². The fourth-order valence-corrected chi connectivity index (χ4v) is 4.22. The minimum Gasteiger partial charge on any atom is -0.399 e. The molecule has 0 fully saturated rings. The SMILES string of the molecule is CC(CNS(=O)(=O)CCSc1cccc(N)c1)S(C)=O. The molecule has 0 aliphatic rings. The summed E-state index contributed by atoms with van der Waals surface area (Å²) in [5.41, 5.74) is 6.31. The summed E-state index contributed by atoms with van der Waals surface area (Å²) in [4.78, 5) is 0.947. The summed E-state index contributed by atoms with van der Waals surface area (Å²) in [7, 11) is -4.36. The number of rotatable bonds is 8. The monoisotopic (exact) mass is 336 g/mol. The zero-order chi connectivity index (χ0) is 15.2. The Morgan fingerprint density at radius 3 is 2.75 bits per heavy atom. The zero-order valence-electron chi connectivity index (χ0n) is 11.5. The third-order valence-electron chi connectivity index (χ3n) is 2.64. The van der Waals surface area contributed by atoms with Gasteiger partial charge in [0.1, 0.15) is 0 Å². The van der Waals surface area contributed by atoms with Crippen molar-refractivity contribution < 1.29 is 12.6 Å². The van der Waals surface area contributed by atoms with Crippen LogP contribution < -0.4 is 10.5 Å². The van der Waals surface area contributed by atoms with Gasteiger partial charge in [-0.05, 0) is 25.1 Å². The Bertz CT molecular complexity index is 561. The average Bonchev–Trinajstić information content (AvgIpc) is 2.36.